The van der Waals surface area contributed by atoms with E-state index in [9.17, 15) is 4.79 Å². The molecule has 1 aliphatic heterocycles. The topological polar surface area (TPSA) is 49.6 Å². The van der Waals surface area contributed by atoms with Crippen molar-refractivity contribution in [2.45, 2.75) is 25.3 Å². The van der Waals surface area contributed by atoms with Crippen LogP contribution >= 0.6 is 11.3 Å². The molecule has 1 saturated heterocycles. The lowest BCUT2D eigenvalue weighted by Crippen LogP contribution is -2.56. The fourth-order valence-electron chi connectivity index (χ4n) is 2.55. The highest BCUT2D eigenvalue weighted by atomic mass is 32.1. The minimum atomic E-state index is 0.188. The average Bonchev–Trinajstić information content (AvgIpc) is 2.91. The van der Waals surface area contributed by atoms with Crippen LogP contribution in [0.1, 0.15) is 17.7 Å². The fourth-order valence-corrected chi connectivity index (χ4v) is 3.30. The number of nitrogens with zero attached hydrogens (tertiary/aromatic N) is 2. The molecular formula is C14H23N3OS. The first kappa shape index (κ1) is 14.5. The average molecular weight is 281 g/mol. The summed E-state index contributed by atoms with van der Waals surface area (Å²) in [6, 6.07) is 4.38. The van der Waals surface area contributed by atoms with Crippen LogP contribution in [-0.4, -0.2) is 55.0 Å². The lowest BCUT2D eigenvalue weighted by Gasteiger charge is -2.39. The summed E-state index contributed by atoms with van der Waals surface area (Å²) >= 11 is 1.76. The smallest absolute Gasteiger partial charge is 0.222 e. The largest absolute Gasteiger partial charge is 0.336 e. The van der Waals surface area contributed by atoms with Crippen molar-refractivity contribution in [1.29, 1.82) is 0 Å². The summed E-state index contributed by atoms with van der Waals surface area (Å²) in [7, 11) is 2.08. The molecule has 1 fully saturated rings. The molecule has 1 atom stereocenters. The van der Waals surface area contributed by atoms with E-state index in [1.54, 1.807) is 11.3 Å². The van der Waals surface area contributed by atoms with Gasteiger partial charge in [0.2, 0.25) is 5.91 Å². The molecule has 5 heteroatoms. The van der Waals surface area contributed by atoms with Crippen molar-refractivity contribution >= 4 is 17.2 Å². The van der Waals surface area contributed by atoms with Gasteiger partial charge in [-0.05, 0) is 31.3 Å². The van der Waals surface area contributed by atoms with E-state index in [-0.39, 0.29) is 11.9 Å². The van der Waals surface area contributed by atoms with E-state index in [0.29, 0.717) is 13.0 Å². The first-order chi connectivity index (χ1) is 9.20. The third kappa shape index (κ3) is 4.03. The number of nitrogens with two attached hydrogens (primary N) is 1. The zero-order chi connectivity index (χ0) is 13.7. The van der Waals surface area contributed by atoms with Crippen molar-refractivity contribution in [2.75, 3.05) is 33.2 Å². The van der Waals surface area contributed by atoms with Gasteiger partial charge in [-0.15, -0.1) is 11.3 Å². The van der Waals surface area contributed by atoms with Gasteiger partial charge < -0.3 is 15.5 Å². The number of carbonyl (C=O) groups excluding carboxylic acids is 1. The lowest BCUT2D eigenvalue weighted by atomic mass is 10.1. The highest BCUT2D eigenvalue weighted by molar-refractivity contribution is 7.09. The van der Waals surface area contributed by atoms with E-state index in [2.05, 4.69) is 29.5 Å². The van der Waals surface area contributed by atoms with Crippen molar-refractivity contribution in [3.63, 3.8) is 0 Å². The molecule has 0 bridgehead atoms. The summed E-state index contributed by atoms with van der Waals surface area (Å²) in [6.07, 6.45) is 2.57. The summed E-state index contributed by atoms with van der Waals surface area (Å²) in [5, 5.41) is 2.09. The molecule has 0 saturated carbocycles. The van der Waals surface area contributed by atoms with Gasteiger partial charge in [0.05, 0.1) is 6.04 Å². The van der Waals surface area contributed by atoms with E-state index < -0.39 is 0 Å². The molecule has 1 unspecified atom stereocenters. The van der Waals surface area contributed by atoms with E-state index in [1.807, 2.05) is 4.90 Å². The third-order valence-electron chi connectivity index (χ3n) is 3.67. The molecule has 0 aliphatic carbocycles. The monoisotopic (exact) mass is 281 g/mol. The maximum Gasteiger partial charge on any atom is 0.222 e. The molecule has 4 nitrogen and oxygen atoms in total. The van der Waals surface area contributed by atoms with Crippen LogP contribution in [0.4, 0.5) is 0 Å². The Balaban J connectivity index is 1.78. The van der Waals surface area contributed by atoms with Crippen LogP contribution in [-0.2, 0) is 11.2 Å². The van der Waals surface area contributed by atoms with Crippen molar-refractivity contribution in [1.82, 2.24) is 9.80 Å². The summed E-state index contributed by atoms with van der Waals surface area (Å²) in [4.78, 5) is 17.8. The summed E-state index contributed by atoms with van der Waals surface area (Å²) < 4.78 is 0. The number of piperazine rings is 1. The van der Waals surface area contributed by atoms with Crippen LogP contribution in [0.15, 0.2) is 17.5 Å². The Labute approximate surface area is 119 Å². The first-order valence-corrected chi connectivity index (χ1v) is 7.79. The van der Waals surface area contributed by atoms with Gasteiger partial charge in [-0.2, -0.15) is 0 Å². The number of amides is 1. The van der Waals surface area contributed by atoms with E-state index in [1.165, 1.54) is 4.88 Å². The van der Waals surface area contributed by atoms with Crippen LogP contribution in [0.5, 0.6) is 0 Å². The molecule has 19 heavy (non-hydrogen) atoms. The minimum absolute atomic E-state index is 0.188. The molecule has 0 spiro atoms. The molecule has 1 aromatic rings. The second kappa shape index (κ2) is 7.03. The predicted octanol–water partition coefficient (Wildman–Crippen LogP) is 1.17. The second-order valence-corrected chi connectivity index (χ2v) is 6.20. The zero-order valence-corrected chi connectivity index (χ0v) is 12.4. The molecule has 106 valence electrons. The lowest BCUT2D eigenvalue weighted by molar-refractivity contribution is -0.135. The van der Waals surface area contributed by atoms with Crippen molar-refractivity contribution < 1.29 is 4.79 Å². The van der Waals surface area contributed by atoms with Gasteiger partial charge >= 0.3 is 0 Å². The van der Waals surface area contributed by atoms with Crippen molar-refractivity contribution in [3.8, 4) is 0 Å². The fraction of sp³-hybridized carbons (Fsp3) is 0.643. The Morgan fingerprint density at radius 1 is 1.53 bits per heavy atom. The normalized spacial score (nSPS) is 20.7. The van der Waals surface area contributed by atoms with Gasteiger partial charge in [-0.25, -0.2) is 0 Å². The van der Waals surface area contributed by atoms with Crippen LogP contribution in [0.3, 0.4) is 0 Å². The molecule has 2 N–H and O–H groups in total. The number of aryl methyl sites for hydroxylation is 1. The van der Waals surface area contributed by atoms with E-state index in [4.69, 9.17) is 5.73 Å². The Kier molecular flexibility index (Phi) is 5.36. The van der Waals surface area contributed by atoms with Gasteiger partial charge in [-0.3, -0.25) is 4.79 Å². The van der Waals surface area contributed by atoms with Crippen LogP contribution in [0, 0.1) is 0 Å². The minimum Gasteiger partial charge on any atom is -0.336 e. The Hall–Kier alpha value is -0.910. The van der Waals surface area contributed by atoms with Gasteiger partial charge in [0.15, 0.2) is 0 Å². The van der Waals surface area contributed by atoms with Gasteiger partial charge in [0, 0.05) is 37.5 Å². The highest BCUT2D eigenvalue weighted by Gasteiger charge is 2.27. The van der Waals surface area contributed by atoms with Gasteiger partial charge in [0.1, 0.15) is 0 Å². The summed E-state index contributed by atoms with van der Waals surface area (Å²) in [5.41, 5.74) is 5.78. The molecule has 2 heterocycles. The van der Waals surface area contributed by atoms with Crippen molar-refractivity contribution in [3.05, 3.63) is 22.4 Å². The van der Waals surface area contributed by atoms with Crippen LogP contribution in [0.2, 0.25) is 0 Å². The maximum absolute atomic E-state index is 12.3. The quantitative estimate of drug-likeness (QED) is 0.881. The molecule has 2 rings (SSSR count). The summed E-state index contributed by atoms with van der Waals surface area (Å²) in [6.45, 7) is 3.22. The number of hydrogen-bond donors (Lipinski definition) is 1. The number of rotatable bonds is 5. The molecule has 1 aromatic heterocycles. The van der Waals surface area contributed by atoms with E-state index in [0.717, 1.165) is 32.5 Å². The highest BCUT2D eigenvalue weighted by Crippen LogP contribution is 2.14. The van der Waals surface area contributed by atoms with Crippen LogP contribution < -0.4 is 5.73 Å². The Morgan fingerprint density at radius 3 is 3.05 bits per heavy atom. The van der Waals surface area contributed by atoms with Gasteiger partial charge in [0.25, 0.3) is 0 Å². The predicted molar refractivity (Wildman–Crippen MR) is 79.3 cm³/mol. The molecule has 1 aliphatic rings. The summed E-state index contributed by atoms with van der Waals surface area (Å²) in [5.74, 6) is 0.264. The molecule has 0 aromatic carbocycles. The molecule has 1 amide bonds. The van der Waals surface area contributed by atoms with Gasteiger partial charge in [-0.1, -0.05) is 6.07 Å². The third-order valence-corrected chi connectivity index (χ3v) is 4.61. The van der Waals surface area contributed by atoms with Crippen LogP contribution in [0.25, 0.3) is 0 Å². The second-order valence-electron chi connectivity index (χ2n) is 5.17. The number of thiophene rings is 1. The molecule has 0 radical (unpaired) electrons. The maximum atomic E-state index is 12.3. The Morgan fingerprint density at radius 2 is 2.37 bits per heavy atom. The number of carbonyl (C=O) groups is 1. The number of likely N-dealkylation sites (N-methyl/N-ethyl adjacent to an activating group) is 1. The first-order valence-electron chi connectivity index (χ1n) is 6.91. The van der Waals surface area contributed by atoms with Crippen molar-refractivity contribution in [2.24, 2.45) is 5.73 Å². The SMILES string of the molecule is CN1CCN(C(=O)CCCc2cccs2)C(CN)C1. The Bertz CT molecular complexity index is 393. The zero-order valence-electron chi connectivity index (χ0n) is 11.5. The van der Waals surface area contributed by atoms with E-state index >= 15 is 0 Å². The molecular weight excluding hydrogens is 258 g/mol. The number of hydrogen-bond acceptors (Lipinski definition) is 4. The standard InChI is InChI=1S/C14H23N3OS/c1-16-7-8-17(12(10-15)11-16)14(18)6-2-4-13-5-3-9-19-13/h3,5,9,12H,2,4,6-8,10-11,15H2,1H3.